The molecule has 0 atom stereocenters. The van der Waals surface area contributed by atoms with Gasteiger partial charge in [-0.2, -0.15) is 10.2 Å². The third-order valence-electron chi connectivity index (χ3n) is 4.96. The van der Waals surface area contributed by atoms with Crippen molar-refractivity contribution in [3.05, 3.63) is 52.9 Å². The van der Waals surface area contributed by atoms with Crippen LogP contribution < -0.4 is 5.32 Å². The van der Waals surface area contributed by atoms with Crippen LogP contribution in [-0.2, 0) is 33.2 Å². The van der Waals surface area contributed by atoms with Crippen LogP contribution in [-0.4, -0.2) is 41.0 Å². The Morgan fingerprint density at radius 2 is 1.92 bits per heavy atom. The fourth-order valence-corrected chi connectivity index (χ4v) is 3.43. The van der Waals surface area contributed by atoms with Crippen LogP contribution in [0.5, 0.6) is 0 Å². The van der Waals surface area contributed by atoms with Crippen molar-refractivity contribution in [1.29, 1.82) is 0 Å². The van der Waals surface area contributed by atoms with Gasteiger partial charge in [0, 0.05) is 50.3 Å². The van der Waals surface area contributed by atoms with Gasteiger partial charge in [-0.15, -0.1) is 0 Å². The summed E-state index contributed by atoms with van der Waals surface area (Å²) in [5, 5.41) is 12.4. The van der Waals surface area contributed by atoms with Crippen LogP contribution in [0.2, 0.25) is 0 Å². The summed E-state index contributed by atoms with van der Waals surface area (Å²) in [6, 6.07) is 3.98. The van der Waals surface area contributed by atoms with E-state index in [9.17, 15) is 0 Å². The summed E-state index contributed by atoms with van der Waals surface area (Å²) < 4.78 is 4.08. The highest BCUT2D eigenvalue weighted by atomic mass is 15.3. The van der Waals surface area contributed by atoms with E-state index >= 15 is 0 Å². The number of nitrogens with one attached hydrogen (secondary N) is 1. The quantitative estimate of drug-likeness (QED) is 0.752. The number of rotatable bonds is 5. The molecule has 136 valence electrons. The van der Waals surface area contributed by atoms with E-state index in [0.717, 1.165) is 37.6 Å². The second-order valence-electron chi connectivity index (χ2n) is 6.76. The molecule has 3 aromatic rings. The largest absolute Gasteiger partial charge is 0.348 e. The molecule has 0 radical (unpaired) electrons. The van der Waals surface area contributed by atoms with Gasteiger partial charge in [-0.1, -0.05) is 0 Å². The molecule has 0 fully saturated rings. The minimum absolute atomic E-state index is 0.627. The zero-order chi connectivity index (χ0) is 18.1. The number of hydrogen-bond donors (Lipinski definition) is 1. The lowest BCUT2D eigenvalue weighted by atomic mass is 10.1. The minimum atomic E-state index is 0.627. The molecule has 4 rings (SSSR count). The normalized spacial score (nSPS) is 14.4. The van der Waals surface area contributed by atoms with Crippen LogP contribution in [0.3, 0.4) is 0 Å². The lowest BCUT2D eigenvalue weighted by Crippen LogP contribution is -2.33. The number of aryl methyl sites for hydroxylation is 2. The molecule has 1 aliphatic rings. The third-order valence-corrected chi connectivity index (χ3v) is 4.96. The molecule has 0 amide bonds. The number of fused-ring (bicyclic) bond motifs is 1. The number of hydrogen-bond acceptors (Lipinski definition) is 6. The molecule has 3 aromatic heterocycles. The third kappa shape index (κ3) is 3.32. The van der Waals surface area contributed by atoms with Crippen molar-refractivity contribution in [3.63, 3.8) is 0 Å². The van der Waals surface area contributed by atoms with Gasteiger partial charge in [-0.3, -0.25) is 14.3 Å². The maximum atomic E-state index is 4.70. The Hall–Kier alpha value is -2.74. The van der Waals surface area contributed by atoms with E-state index in [-0.39, 0.29) is 0 Å². The monoisotopic (exact) mass is 352 g/mol. The van der Waals surface area contributed by atoms with Crippen LogP contribution in [0.4, 0.5) is 5.95 Å². The van der Waals surface area contributed by atoms with Crippen molar-refractivity contribution < 1.29 is 0 Å². The van der Waals surface area contributed by atoms with E-state index < -0.39 is 0 Å². The summed E-state index contributed by atoms with van der Waals surface area (Å²) in [6.07, 6.45) is 3.46. The highest BCUT2D eigenvalue weighted by Gasteiger charge is 2.21. The van der Waals surface area contributed by atoms with Gasteiger partial charge in [-0.25, -0.2) is 9.97 Å². The molecule has 0 aliphatic carbocycles. The summed E-state index contributed by atoms with van der Waals surface area (Å²) in [5.74, 6) is 0.627. The lowest BCUT2D eigenvalue weighted by Gasteiger charge is -2.27. The Kier molecular flexibility index (Phi) is 4.42. The molecule has 8 nitrogen and oxygen atoms in total. The first-order valence-corrected chi connectivity index (χ1v) is 8.88. The topological polar surface area (TPSA) is 76.7 Å². The van der Waals surface area contributed by atoms with Crippen molar-refractivity contribution in [3.8, 4) is 0 Å². The number of nitrogens with zero attached hydrogens (tertiary/aromatic N) is 7. The van der Waals surface area contributed by atoms with Gasteiger partial charge in [0.25, 0.3) is 0 Å². The molecule has 0 unspecified atom stereocenters. The average molecular weight is 352 g/mol. The SMILES string of the molecule is Cc1nn(C)c(C)c1CN1CCn2nc(CNc3ncccn3)cc2C1. The van der Waals surface area contributed by atoms with Gasteiger partial charge in [0.2, 0.25) is 5.95 Å². The smallest absolute Gasteiger partial charge is 0.222 e. The van der Waals surface area contributed by atoms with E-state index in [2.05, 4.69) is 49.9 Å². The molecule has 0 saturated heterocycles. The first kappa shape index (κ1) is 16.7. The van der Waals surface area contributed by atoms with Gasteiger partial charge in [0.1, 0.15) is 0 Å². The van der Waals surface area contributed by atoms with Gasteiger partial charge in [0.05, 0.1) is 30.2 Å². The predicted octanol–water partition coefficient (Wildman–Crippen LogP) is 1.65. The fraction of sp³-hybridized carbons (Fsp3) is 0.444. The highest BCUT2D eigenvalue weighted by Crippen LogP contribution is 2.20. The van der Waals surface area contributed by atoms with Gasteiger partial charge in [-0.05, 0) is 26.0 Å². The fourth-order valence-electron chi connectivity index (χ4n) is 3.43. The molecule has 0 saturated carbocycles. The molecule has 1 N–H and O–H groups in total. The summed E-state index contributed by atoms with van der Waals surface area (Å²) >= 11 is 0. The van der Waals surface area contributed by atoms with E-state index in [1.54, 1.807) is 18.5 Å². The Morgan fingerprint density at radius 3 is 2.65 bits per heavy atom. The Morgan fingerprint density at radius 1 is 1.12 bits per heavy atom. The standard InChI is InChI=1S/C18H24N8/c1-13-17(14(2)24(3)22-13)12-25-7-8-26-16(11-25)9-15(23-26)10-21-18-19-5-4-6-20-18/h4-6,9H,7-8,10-12H2,1-3H3,(H,19,20,21). The van der Waals surface area contributed by atoms with Crippen LogP contribution in [0.25, 0.3) is 0 Å². The van der Waals surface area contributed by atoms with Crippen molar-refractivity contribution >= 4 is 5.95 Å². The van der Waals surface area contributed by atoms with Crippen LogP contribution in [0.15, 0.2) is 24.5 Å². The Balaban J connectivity index is 1.41. The van der Waals surface area contributed by atoms with Crippen molar-refractivity contribution in [2.45, 2.75) is 40.0 Å². The van der Waals surface area contributed by atoms with Gasteiger partial charge < -0.3 is 5.32 Å². The number of anilines is 1. The van der Waals surface area contributed by atoms with E-state index in [0.29, 0.717) is 12.5 Å². The maximum absolute atomic E-state index is 4.70. The van der Waals surface area contributed by atoms with Crippen LogP contribution >= 0.6 is 0 Å². The molecular formula is C18H24N8. The summed E-state index contributed by atoms with van der Waals surface area (Å²) in [5.41, 5.74) is 5.97. The first-order chi connectivity index (χ1) is 12.6. The second kappa shape index (κ2) is 6.87. The van der Waals surface area contributed by atoms with Crippen LogP contribution in [0, 0.1) is 13.8 Å². The summed E-state index contributed by atoms with van der Waals surface area (Å²) in [4.78, 5) is 10.8. The van der Waals surface area contributed by atoms with Crippen LogP contribution in [0.1, 0.15) is 28.3 Å². The zero-order valence-electron chi connectivity index (χ0n) is 15.5. The van der Waals surface area contributed by atoms with Crippen molar-refractivity contribution in [2.24, 2.45) is 7.05 Å². The molecule has 1 aliphatic heterocycles. The Bertz CT molecular complexity index is 896. The summed E-state index contributed by atoms with van der Waals surface area (Å²) in [6.45, 7) is 8.60. The molecule has 4 heterocycles. The van der Waals surface area contributed by atoms with Crippen molar-refractivity contribution in [2.75, 3.05) is 11.9 Å². The predicted molar refractivity (Wildman–Crippen MR) is 98.4 cm³/mol. The second-order valence-corrected chi connectivity index (χ2v) is 6.76. The molecular weight excluding hydrogens is 328 g/mol. The Labute approximate surface area is 152 Å². The van der Waals surface area contributed by atoms with Crippen molar-refractivity contribution in [1.82, 2.24) is 34.4 Å². The van der Waals surface area contributed by atoms with Gasteiger partial charge >= 0.3 is 0 Å². The molecule has 26 heavy (non-hydrogen) atoms. The first-order valence-electron chi connectivity index (χ1n) is 8.88. The molecule has 8 heteroatoms. The zero-order valence-corrected chi connectivity index (χ0v) is 15.5. The van der Waals surface area contributed by atoms with E-state index in [4.69, 9.17) is 5.10 Å². The average Bonchev–Trinajstić information content (AvgIpc) is 3.16. The van der Waals surface area contributed by atoms with Gasteiger partial charge in [0.15, 0.2) is 0 Å². The van der Waals surface area contributed by atoms with E-state index in [1.807, 2.05) is 11.7 Å². The minimum Gasteiger partial charge on any atom is -0.348 e. The maximum Gasteiger partial charge on any atom is 0.222 e. The number of aromatic nitrogens is 6. The lowest BCUT2D eigenvalue weighted by molar-refractivity contribution is 0.204. The molecule has 0 bridgehead atoms. The molecule has 0 spiro atoms. The summed E-state index contributed by atoms with van der Waals surface area (Å²) in [7, 11) is 2.01. The molecule has 0 aromatic carbocycles. The van der Waals surface area contributed by atoms with E-state index in [1.165, 1.54) is 17.0 Å². The highest BCUT2D eigenvalue weighted by molar-refractivity contribution is 5.26.